The minimum absolute atomic E-state index is 0.127. The number of anilines is 1. The maximum absolute atomic E-state index is 11.7. The first kappa shape index (κ1) is 12.5. The largest absolute Gasteiger partial charge is 0.399 e. The molecule has 3 aromatic rings. The lowest BCUT2D eigenvalue weighted by atomic mass is 10.3. The molecule has 7 nitrogen and oxygen atoms in total. The summed E-state index contributed by atoms with van der Waals surface area (Å²) in [5, 5.41) is 7.33. The molecule has 2 aromatic heterocycles. The third kappa shape index (κ3) is 2.31. The van der Waals surface area contributed by atoms with Crippen LogP contribution in [0.5, 0.6) is 0 Å². The number of aromatic amines is 2. The second-order valence-electron chi connectivity index (χ2n) is 5.16. The van der Waals surface area contributed by atoms with Crippen molar-refractivity contribution in [2.24, 2.45) is 0 Å². The lowest BCUT2D eigenvalue weighted by Crippen LogP contribution is -2.16. The molecule has 108 valence electrons. The van der Waals surface area contributed by atoms with Gasteiger partial charge in [-0.1, -0.05) is 11.8 Å². The molecule has 0 aliphatic heterocycles. The average molecular weight is 302 g/mol. The summed E-state index contributed by atoms with van der Waals surface area (Å²) in [6.45, 7) is 0. The van der Waals surface area contributed by atoms with Gasteiger partial charge < -0.3 is 10.7 Å². The number of nitrogens with two attached hydrogens (primary N) is 1. The van der Waals surface area contributed by atoms with E-state index in [1.807, 2.05) is 18.2 Å². The molecule has 0 spiro atoms. The Balaban J connectivity index is 1.57. The Bertz CT molecular complexity index is 859. The van der Waals surface area contributed by atoms with Crippen LogP contribution < -0.4 is 11.4 Å². The molecule has 0 amide bonds. The zero-order chi connectivity index (χ0) is 14.4. The minimum atomic E-state index is -0.127. The van der Waals surface area contributed by atoms with Gasteiger partial charge in [0.05, 0.1) is 16.8 Å². The van der Waals surface area contributed by atoms with E-state index in [0.29, 0.717) is 17.5 Å². The molecule has 0 saturated heterocycles. The van der Waals surface area contributed by atoms with E-state index in [1.54, 1.807) is 4.57 Å². The van der Waals surface area contributed by atoms with Gasteiger partial charge in [-0.25, -0.2) is 14.9 Å². The summed E-state index contributed by atoms with van der Waals surface area (Å²) >= 11 is 1.50. The summed E-state index contributed by atoms with van der Waals surface area (Å²) in [4.78, 5) is 19.5. The van der Waals surface area contributed by atoms with E-state index in [1.165, 1.54) is 11.8 Å². The second kappa shape index (κ2) is 4.66. The highest BCUT2D eigenvalue weighted by Gasteiger charge is 2.28. The van der Waals surface area contributed by atoms with Crippen molar-refractivity contribution in [1.82, 2.24) is 24.7 Å². The maximum Gasteiger partial charge on any atom is 0.344 e. The molecule has 1 aliphatic carbocycles. The van der Waals surface area contributed by atoms with Crippen LogP contribution in [-0.4, -0.2) is 24.7 Å². The van der Waals surface area contributed by atoms with Crippen LogP contribution in [0.1, 0.15) is 24.7 Å². The summed E-state index contributed by atoms with van der Waals surface area (Å²) in [5.74, 6) is 1.48. The van der Waals surface area contributed by atoms with Gasteiger partial charge in [0.1, 0.15) is 5.82 Å². The quantitative estimate of drug-likeness (QED) is 0.502. The number of nitrogen functional groups attached to an aromatic ring is 1. The first-order chi connectivity index (χ1) is 10.2. The Morgan fingerprint density at radius 1 is 1.43 bits per heavy atom. The fourth-order valence-electron chi connectivity index (χ4n) is 2.33. The fraction of sp³-hybridized carbons (Fsp3) is 0.308. The summed E-state index contributed by atoms with van der Waals surface area (Å²) < 4.78 is 1.74. The highest BCUT2D eigenvalue weighted by atomic mass is 32.2. The molecule has 1 fully saturated rings. The number of hydrogen-bond acceptors (Lipinski definition) is 5. The van der Waals surface area contributed by atoms with Crippen LogP contribution in [0.2, 0.25) is 0 Å². The average Bonchev–Trinajstić information content (AvgIpc) is 3.10. The maximum atomic E-state index is 11.7. The normalized spacial score (nSPS) is 14.9. The standard InChI is InChI=1S/C13H14N6OS/c14-7-1-4-9-10(5-7)16-11(15-9)6-21-13-18-17-12(20)19(13)8-2-3-8/h1,4-5,8H,2-3,6,14H2,(H,15,16)(H,17,20). The third-order valence-electron chi connectivity index (χ3n) is 3.48. The summed E-state index contributed by atoms with van der Waals surface area (Å²) in [6.07, 6.45) is 2.10. The van der Waals surface area contributed by atoms with Crippen molar-refractivity contribution in [2.45, 2.75) is 29.8 Å². The molecule has 1 aromatic carbocycles. The van der Waals surface area contributed by atoms with E-state index in [2.05, 4.69) is 20.2 Å². The highest BCUT2D eigenvalue weighted by Crippen LogP contribution is 2.36. The third-order valence-corrected chi connectivity index (χ3v) is 4.44. The van der Waals surface area contributed by atoms with Crippen LogP contribution in [0.25, 0.3) is 11.0 Å². The van der Waals surface area contributed by atoms with E-state index in [-0.39, 0.29) is 5.69 Å². The zero-order valence-electron chi connectivity index (χ0n) is 11.2. The van der Waals surface area contributed by atoms with Gasteiger partial charge in [-0.3, -0.25) is 4.57 Å². The molecule has 0 bridgehead atoms. The number of nitrogens with zero attached hydrogens (tertiary/aromatic N) is 3. The molecule has 0 unspecified atom stereocenters. The smallest absolute Gasteiger partial charge is 0.344 e. The second-order valence-corrected chi connectivity index (χ2v) is 6.10. The Hall–Kier alpha value is -2.22. The molecule has 0 radical (unpaired) electrons. The molecule has 8 heteroatoms. The molecule has 21 heavy (non-hydrogen) atoms. The highest BCUT2D eigenvalue weighted by molar-refractivity contribution is 7.98. The monoisotopic (exact) mass is 302 g/mol. The van der Waals surface area contributed by atoms with E-state index in [9.17, 15) is 4.79 Å². The molecule has 2 heterocycles. The summed E-state index contributed by atoms with van der Waals surface area (Å²) in [6, 6.07) is 5.91. The van der Waals surface area contributed by atoms with Gasteiger partial charge in [0.2, 0.25) is 0 Å². The number of hydrogen-bond donors (Lipinski definition) is 3. The summed E-state index contributed by atoms with van der Waals surface area (Å²) in [7, 11) is 0. The van der Waals surface area contributed by atoms with Crippen LogP contribution in [0.15, 0.2) is 28.2 Å². The number of aromatic nitrogens is 5. The number of rotatable bonds is 4. The van der Waals surface area contributed by atoms with Gasteiger partial charge in [0, 0.05) is 11.7 Å². The van der Waals surface area contributed by atoms with E-state index >= 15 is 0 Å². The van der Waals surface area contributed by atoms with Crippen molar-refractivity contribution < 1.29 is 0 Å². The van der Waals surface area contributed by atoms with Crippen molar-refractivity contribution in [3.05, 3.63) is 34.5 Å². The fourth-order valence-corrected chi connectivity index (χ4v) is 3.21. The minimum Gasteiger partial charge on any atom is -0.399 e. The Kier molecular flexibility index (Phi) is 2.78. The van der Waals surface area contributed by atoms with Gasteiger partial charge in [-0.2, -0.15) is 0 Å². The van der Waals surface area contributed by atoms with Gasteiger partial charge in [0.25, 0.3) is 0 Å². The van der Waals surface area contributed by atoms with Crippen LogP contribution in [-0.2, 0) is 5.75 Å². The van der Waals surface area contributed by atoms with Crippen LogP contribution >= 0.6 is 11.8 Å². The number of thioether (sulfide) groups is 1. The lowest BCUT2D eigenvalue weighted by molar-refractivity contribution is 0.642. The molecule has 1 aliphatic rings. The van der Waals surface area contributed by atoms with Gasteiger partial charge >= 0.3 is 5.69 Å². The SMILES string of the molecule is Nc1ccc2nc(CSc3n[nH]c(=O)n3C3CC3)[nH]c2c1. The lowest BCUT2D eigenvalue weighted by Gasteiger charge is -2.01. The van der Waals surface area contributed by atoms with Crippen molar-refractivity contribution in [2.75, 3.05) is 5.73 Å². The zero-order valence-corrected chi connectivity index (χ0v) is 12.0. The van der Waals surface area contributed by atoms with Crippen molar-refractivity contribution in [3.8, 4) is 0 Å². The number of nitrogens with one attached hydrogen (secondary N) is 2. The van der Waals surface area contributed by atoms with E-state index in [0.717, 1.165) is 34.9 Å². The Morgan fingerprint density at radius 2 is 2.29 bits per heavy atom. The van der Waals surface area contributed by atoms with Crippen LogP contribution in [0.4, 0.5) is 5.69 Å². The van der Waals surface area contributed by atoms with E-state index in [4.69, 9.17) is 5.73 Å². The van der Waals surface area contributed by atoms with Gasteiger partial charge in [-0.05, 0) is 31.0 Å². The molecule has 4 rings (SSSR count). The van der Waals surface area contributed by atoms with Crippen molar-refractivity contribution in [3.63, 3.8) is 0 Å². The number of fused-ring (bicyclic) bond motifs is 1. The number of benzene rings is 1. The van der Waals surface area contributed by atoms with Gasteiger partial charge in [-0.15, -0.1) is 5.10 Å². The topological polar surface area (TPSA) is 105 Å². The molecule has 4 N–H and O–H groups in total. The number of imidazole rings is 1. The predicted molar refractivity (Wildman–Crippen MR) is 81.2 cm³/mol. The summed E-state index contributed by atoms with van der Waals surface area (Å²) in [5.41, 5.74) is 8.15. The Morgan fingerprint density at radius 3 is 3.10 bits per heavy atom. The number of H-pyrrole nitrogens is 2. The Labute approximate surface area is 124 Å². The van der Waals surface area contributed by atoms with Crippen LogP contribution in [0, 0.1) is 0 Å². The first-order valence-corrected chi connectivity index (χ1v) is 7.73. The first-order valence-electron chi connectivity index (χ1n) is 6.74. The molecule has 1 saturated carbocycles. The van der Waals surface area contributed by atoms with Crippen molar-refractivity contribution in [1.29, 1.82) is 0 Å². The molecular formula is C13H14N6OS. The van der Waals surface area contributed by atoms with Gasteiger partial charge in [0.15, 0.2) is 5.16 Å². The molecular weight excluding hydrogens is 288 g/mol. The predicted octanol–water partition coefficient (Wildman–Crippen LogP) is 1.66. The van der Waals surface area contributed by atoms with Crippen LogP contribution in [0.3, 0.4) is 0 Å². The molecule has 0 atom stereocenters. The van der Waals surface area contributed by atoms with E-state index < -0.39 is 0 Å². The van der Waals surface area contributed by atoms with Crippen molar-refractivity contribution >= 4 is 28.5 Å².